The van der Waals surface area contributed by atoms with Crippen molar-refractivity contribution in [3.05, 3.63) is 24.3 Å². The van der Waals surface area contributed by atoms with Crippen LogP contribution >= 0.6 is 0 Å². The van der Waals surface area contributed by atoms with Crippen LogP contribution in [0.25, 0.3) is 0 Å². The smallest absolute Gasteiger partial charge is 0.230 e. The number of anilines is 2. The zero-order valence-corrected chi connectivity index (χ0v) is 8.73. The summed E-state index contributed by atoms with van der Waals surface area (Å²) in [7, 11) is 0. The van der Waals surface area contributed by atoms with Crippen LogP contribution in [0.1, 0.15) is 13.3 Å². The predicted octanol–water partition coefficient (Wildman–Crippen LogP) is 1.85. The largest absolute Gasteiger partial charge is 0.381 e. The van der Waals surface area contributed by atoms with Gasteiger partial charge in [-0.3, -0.25) is 4.79 Å². The predicted molar refractivity (Wildman–Crippen MR) is 60.0 cm³/mol. The van der Waals surface area contributed by atoms with Crippen LogP contribution in [0.2, 0.25) is 0 Å². The maximum absolute atomic E-state index is 12.0. The molecule has 2 aliphatic rings. The Hall–Kier alpha value is -1.51. The first-order valence-electron chi connectivity index (χ1n) is 5.43. The Labute approximate surface area is 89.1 Å². The number of nitrogens with one attached hydrogen (secondary N) is 1. The van der Waals surface area contributed by atoms with Gasteiger partial charge in [-0.1, -0.05) is 19.1 Å². The first-order chi connectivity index (χ1) is 7.27. The third-order valence-corrected chi connectivity index (χ3v) is 3.34. The average molecular weight is 202 g/mol. The van der Waals surface area contributed by atoms with Gasteiger partial charge in [-0.05, 0) is 18.6 Å². The van der Waals surface area contributed by atoms with Gasteiger partial charge in [0, 0.05) is 12.5 Å². The molecule has 0 aliphatic carbocycles. The van der Waals surface area contributed by atoms with Crippen molar-refractivity contribution in [2.45, 2.75) is 19.4 Å². The molecule has 3 heteroatoms. The minimum atomic E-state index is 0.169. The maximum atomic E-state index is 12.0. The van der Waals surface area contributed by atoms with E-state index in [0.717, 1.165) is 24.3 Å². The Morgan fingerprint density at radius 3 is 3.07 bits per heavy atom. The van der Waals surface area contributed by atoms with Gasteiger partial charge in [-0.25, -0.2) is 0 Å². The lowest BCUT2D eigenvalue weighted by Crippen LogP contribution is -2.41. The number of para-hydroxylation sites is 2. The zero-order valence-electron chi connectivity index (χ0n) is 8.73. The third kappa shape index (κ3) is 1.16. The highest BCUT2D eigenvalue weighted by Gasteiger charge is 2.40. The molecular weight excluding hydrogens is 188 g/mol. The van der Waals surface area contributed by atoms with Gasteiger partial charge in [0.2, 0.25) is 5.91 Å². The highest BCUT2D eigenvalue weighted by Crippen LogP contribution is 2.38. The highest BCUT2D eigenvalue weighted by molar-refractivity contribution is 6.01. The van der Waals surface area contributed by atoms with E-state index in [0.29, 0.717) is 6.04 Å². The normalized spacial score (nSPS) is 28.3. The molecule has 0 spiro atoms. The van der Waals surface area contributed by atoms with Gasteiger partial charge in [0.15, 0.2) is 0 Å². The molecule has 0 aromatic heterocycles. The second-order valence-corrected chi connectivity index (χ2v) is 4.40. The quantitative estimate of drug-likeness (QED) is 0.696. The summed E-state index contributed by atoms with van der Waals surface area (Å²) < 4.78 is 0. The van der Waals surface area contributed by atoms with Crippen molar-refractivity contribution < 1.29 is 4.79 Å². The minimum absolute atomic E-state index is 0.169. The Morgan fingerprint density at radius 2 is 2.20 bits per heavy atom. The van der Waals surface area contributed by atoms with Gasteiger partial charge in [0.05, 0.1) is 17.4 Å². The number of hydrogen-bond acceptors (Lipinski definition) is 2. The Balaban J connectivity index is 2.08. The second kappa shape index (κ2) is 2.99. The lowest BCUT2D eigenvalue weighted by Gasteiger charge is -2.32. The van der Waals surface area contributed by atoms with E-state index in [1.807, 2.05) is 36.1 Å². The van der Waals surface area contributed by atoms with Crippen molar-refractivity contribution >= 4 is 17.3 Å². The van der Waals surface area contributed by atoms with Crippen LogP contribution in [0, 0.1) is 5.92 Å². The van der Waals surface area contributed by atoms with E-state index in [1.165, 1.54) is 0 Å². The SMILES string of the molecule is CC1CC2CNc3ccccc3N2C1=O. The van der Waals surface area contributed by atoms with Gasteiger partial charge in [0.25, 0.3) is 0 Å². The van der Waals surface area contributed by atoms with Crippen molar-refractivity contribution in [3.8, 4) is 0 Å². The molecule has 78 valence electrons. The van der Waals surface area contributed by atoms with Gasteiger partial charge < -0.3 is 10.2 Å². The monoisotopic (exact) mass is 202 g/mol. The van der Waals surface area contributed by atoms with E-state index in [-0.39, 0.29) is 11.8 Å². The molecule has 0 saturated carbocycles. The number of fused-ring (bicyclic) bond motifs is 3. The number of rotatable bonds is 0. The van der Waals surface area contributed by atoms with Crippen molar-refractivity contribution in [1.82, 2.24) is 0 Å². The van der Waals surface area contributed by atoms with Crippen molar-refractivity contribution in [1.29, 1.82) is 0 Å². The topological polar surface area (TPSA) is 32.3 Å². The van der Waals surface area contributed by atoms with E-state index in [1.54, 1.807) is 0 Å². The fourth-order valence-electron chi connectivity index (χ4n) is 2.58. The molecule has 1 fully saturated rings. The molecule has 3 nitrogen and oxygen atoms in total. The molecular formula is C12H14N2O. The third-order valence-electron chi connectivity index (χ3n) is 3.34. The Bertz CT molecular complexity index is 416. The lowest BCUT2D eigenvalue weighted by atomic mass is 10.1. The first-order valence-corrected chi connectivity index (χ1v) is 5.43. The summed E-state index contributed by atoms with van der Waals surface area (Å²) in [5.74, 6) is 0.442. The summed E-state index contributed by atoms with van der Waals surface area (Å²) in [6, 6.07) is 8.38. The minimum Gasteiger partial charge on any atom is -0.381 e. The van der Waals surface area contributed by atoms with Crippen LogP contribution in [-0.2, 0) is 4.79 Å². The molecule has 1 N–H and O–H groups in total. The molecule has 15 heavy (non-hydrogen) atoms. The highest BCUT2D eigenvalue weighted by atomic mass is 16.2. The van der Waals surface area contributed by atoms with Gasteiger partial charge in [-0.2, -0.15) is 0 Å². The standard InChI is InChI=1S/C12H14N2O/c1-8-6-9-7-13-10-4-2-3-5-11(10)14(9)12(8)15/h2-5,8-9,13H,6-7H2,1H3. The van der Waals surface area contributed by atoms with E-state index in [4.69, 9.17) is 0 Å². The lowest BCUT2D eigenvalue weighted by molar-refractivity contribution is -0.120. The van der Waals surface area contributed by atoms with Crippen LogP contribution in [0.3, 0.4) is 0 Å². The molecule has 2 aliphatic heterocycles. The zero-order chi connectivity index (χ0) is 10.4. The van der Waals surface area contributed by atoms with Crippen LogP contribution in [0.5, 0.6) is 0 Å². The van der Waals surface area contributed by atoms with E-state index < -0.39 is 0 Å². The summed E-state index contributed by atoms with van der Waals surface area (Å²) in [5, 5.41) is 3.38. The second-order valence-electron chi connectivity index (χ2n) is 4.40. The molecule has 0 radical (unpaired) electrons. The molecule has 0 bridgehead atoms. The molecule has 2 atom stereocenters. The number of hydrogen-bond donors (Lipinski definition) is 1. The fraction of sp³-hybridized carbons (Fsp3) is 0.417. The molecule has 2 unspecified atom stereocenters. The summed E-state index contributed by atoms with van der Waals surface area (Å²) >= 11 is 0. The number of carbonyl (C=O) groups is 1. The molecule has 1 aromatic carbocycles. The molecule has 1 aromatic rings. The van der Waals surface area contributed by atoms with Gasteiger partial charge in [-0.15, -0.1) is 0 Å². The fourth-order valence-corrected chi connectivity index (χ4v) is 2.58. The molecule has 1 saturated heterocycles. The number of amides is 1. The number of benzene rings is 1. The van der Waals surface area contributed by atoms with Gasteiger partial charge in [0.1, 0.15) is 0 Å². The molecule has 1 amide bonds. The van der Waals surface area contributed by atoms with E-state index in [2.05, 4.69) is 5.32 Å². The summed E-state index contributed by atoms with van der Waals surface area (Å²) in [4.78, 5) is 14.0. The maximum Gasteiger partial charge on any atom is 0.230 e. The molecule has 3 rings (SSSR count). The van der Waals surface area contributed by atoms with Crippen LogP contribution in [0.15, 0.2) is 24.3 Å². The number of carbonyl (C=O) groups excluding carboxylic acids is 1. The van der Waals surface area contributed by atoms with Crippen molar-refractivity contribution in [2.75, 3.05) is 16.8 Å². The first kappa shape index (κ1) is 8.77. The summed E-state index contributed by atoms with van der Waals surface area (Å²) in [6.07, 6.45) is 0.972. The van der Waals surface area contributed by atoms with Crippen LogP contribution < -0.4 is 10.2 Å². The van der Waals surface area contributed by atoms with Crippen LogP contribution in [-0.4, -0.2) is 18.5 Å². The van der Waals surface area contributed by atoms with E-state index >= 15 is 0 Å². The molecule has 2 heterocycles. The van der Waals surface area contributed by atoms with Crippen molar-refractivity contribution in [3.63, 3.8) is 0 Å². The summed E-state index contributed by atoms with van der Waals surface area (Å²) in [6.45, 7) is 2.90. The summed E-state index contributed by atoms with van der Waals surface area (Å²) in [5.41, 5.74) is 2.12. The van der Waals surface area contributed by atoms with E-state index in [9.17, 15) is 4.79 Å². The number of nitrogens with zero attached hydrogens (tertiary/aromatic N) is 1. The van der Waals surface area contributed by atoms with Crippen molar-refractivity contribution in [2.24, 2.45) is 5.92 Å². The van der Waals surface area contributed by atoms with Gasteiger partial charge >= 0.3 is 0 Å². The average Bonchev–Trinajstić information content (AvgIpc) is 2.55. The van der Waals surface area contributed by atoms with Crippen LogP contribution in [0.4, 0.5) is 11.4 Å². The Kier molecular flexibility index (Phi) is 1.75. The Morgan fingerprint density at radius 1 is 1.40 bits per heavy atom.